The number of rotatable bonds is 7. The largest absolute Gasteiger partial charge is 0.491 e. The van der Waals surface area contributed by atoms with E-state index in [1.54, 1.807) is 0 Å². The first kappa shape index (κ1) is 16.3. The van der Waals surface area contributed by atoms with Crippen molar-refractivity contribution >= 4 is 0 Å². The first-order valence-corrected chi connectivity index (χ1v) is 8.33. The maximum atomic E-state index is 5.84. The molecule has 0 saturated carbocycles. The van der Waals surface area contributed by atoms with Crippen LogP contribution in [0.2, 0.25) is 0 Å². The van der Waals surface area contributed by atoms with Crippen molar-refractivity contribution in [2.45, 2.75) is 45.8 Å². The molecule has 1 aliphatic heterocycles. The molecular formula is C18H30N2O. The molecule has 1 fully saturated rings. The van der Waals surface area contributed by atoms with Crippen LogP contribution < -0.4 is 10.1 Å². The number of benzene rings is 1. The molecule has 1 saturated heterocycles. The Morgan fingerprint density at radius 3 is 2.76 bits per heavy atom. The Hall–Kier alpha value is -1.06. The molecule has 0 bridgehead atoms. The van der Waals surface area contributed by atoms with Gasteiger partial charge in [-0.15, -0.1) is 0 Å². The first-order valence-electron chi connectivity index (χ1n) is 8.33. The van der Waals surface area contributed by atoms with E-state index in [-0.39, 0.29) is 0 Å². The summed E-state index contributed by atoms with van der Waals surface area (Å²) in [6.45, 7) is 8.90. The molecule has 0 aromatic heterocycles. The van der Waals surface area contributed by atoms with Gasteiger partial charge in [0.15, 0.2) is 0 Å². The van der Waals surface area contributed by atoms with E-state index >= 15 is 0 Å². The van der Waals surface area contributed by atoms with Crippen molar-refractivity contribution < 1.29 is 4.74 Å². The Labute approximate surface area is 129 Å². The zero-order valence-electron chi connectivity index (χ0n) is 13.8. The van der Waals surface area contributed by atoms with Crippen LogP contribution in [0, 0.1) is 5.92 Å². The van der Waals surface area contributed by atoms with E-state index in [0.29, 0.717) is 6.10 Å². The average Bonchev–Trinajstić information content (AvgIpc) is 2.50. The van der Waals surface area contributed by atoms with Gasteiger partial charge in [-0.05, 0) is 69.9 Å². The Balaban J connectivity index is 1.85. The SMILES string of the molecule is CCC(C)Oc1ccc(CN2CCCC(CNC)C2)cc1. The van der Waals surface area contributed by atoms with Crippen LogP contribution in [-0.4, -0.2) is 37.7 Å². The number of nitrogens with zero attached hydrogens (tertiary/aromatic N) is 1. The van der Waals surface area contributed by atoms with Crippen molar-refractivity contribution in [3.05, 3.63) is 29.8 Å². The fourth-order valence-corrected chi connectivity index (χ4v) is 3.00. The van der Waals surface area contributed by atoms with Crippen molar-refractivity contribution in [1.82, 2.24) is 10.2 Å². The zero-order chi connectivity index (χ0) is 15.1. The first-order chi connectivity index (χ1) is 10.2. The van der Waals surface area contributed by atoms with Gasteiger partial charge >= 0.3 is 0 Å². The highest BCUT2D eigenvalue weighted by Crippen LogP contribution is 2.20. The van der Waals surface area contributed by atoms with Crippen molar-refractivity contribution in [1.29, 1.82) is 0 Å². The summed E-state index contributed by atoms with van der Waals surface area (Å²) in [6, 6.07) is 8.63. The van der Waals surface area contributed by atoms with E-state index in [2.05, 4.69) is 55.4 Å². The number of hydrogen-bond donors (Lipinski definition) is 1. The highest BCUT2D eigenvalue weighted by molar-refractivity contribution is 5.27. The maximum absolute atomic E-state index is 5.84. The summed E-state index contributed by atoms with van der Waals surface area (Å²) >= 11 is 0. The molecule has 2 atom stereocenters. The molecule has 1 N–H and O–H groups in total. The van der Waals surface area contributed by atoms with Gasteiger partial charge in [0.25, 0.3) is 0 Å². The summed E-state index contributed by atoms with van der Waals surface area (Å²) in [4.78, 5) is 2.58. The third-order valence-corrected chi connectivity index (χ3v) is 4.34. The van der Waals surface area contributed by atoms with E-state index in [9.17, 15) is 0 Å². The normalized spacial score (nSPS) is 21.2. The predicted octanol–water partition coefficient (Wildman–Crippen LogP) is 3.30. The lowest BCUT2D eigenvalue weighted by Gasteiger charge is -2.32. The van der Waals surface area contributed by atoms with E-state index in [1.165, 1.54) is 31.5 Å². The standard InChI is InChI=1S/C18H30N2O/c1-4-15(2)21-18-9-7-16(8-10-18)13-20-11-5-6-17(14-20)12-19-3/h7-10,15,17,19H,4-6,11-14H2,1-3H3. The van der Waals surface area contributed by atoms with Gasteiger partial charge in [0.2, 0.25) is 0 Å². The third kappa shape index (κ3) is 5.33. The van der Waals surface area contributed by atoms with Gasteiger partial charge in [-0.2, -0.15) is 0 Å². The Kier molecular flexibility index (Phi) is 6.52. The summed E-state index contributed by atoms with van der Waals surface area (Å²) in [5.74, 6) is 1.79. The van der Waals surface area contributed by atoms with E-state index in [0.717, 1.165) is 31.2 Å². The number of ether oxygens (including phenoxy) is 1. The van der Waals surface area contributed by atoms with Gasteiger partial charge in [-0.25, -0.2) is 0 Å². The Morgan fingerprint density at radius 1 is 1.33 bits per heavy atom. The molecule has 2 unspecified atom stereocenters. The highest BCUT2D eigenvalue weighted by atomic mass is 16.5. The van der Waals surface area contributed by atoms with Crippen LogP contribution in [0.15, 0.2) is 24.3 Å². The van der Waals surface area contributed by atoms with Crippen LogP contribution in [-0.2, 0) is 6.54 Å². The molecule has 3 heteroatoms. The minimum Gasteiger partial charge on any atom is -0.491 e. The fourth-order valence-electron chi connectivity index (χ4n) is 3.00. The molecule has 21 heavy (non-hydrogen) atoms. The molecule has 1 heterocycles. The smallest absolute Gasteiger partial charge is 0.119 e. The molecule has 3 nitrogen and oxygen atoms in total. The Morgan fingerprint density at radius 2 is 2.10 bits per heavy atom. The topological polar surface area (TPSA) is 24.5 Å². The molecule has 0 radical (unpaired) electrons. The van der Waals surface area contributed by atoms with Gasteiger partial charge < -0.3 is 10.1 Å². The van der Waals surface area contributed by atoms with Crippen LogP contribution in [0.3, 0.4) is 0 Å². The van der Waals surface area contributed by atoms with Gasteiger partial charge in [0, 0.05) is 13.1 Å². The third-order valence-electron chi connectivity index (χ3n) is 4.34. The van der Waals surface area contributed by atoms with Crippen molar-refractivity contribution in [3.63, 3.8) is 0 Å². The summed E-state index contributed by atoms with van der Waals surface area (Å²) < 4.78 is 5.84. The summed E-state index contributed by atoms with van der Waals surface area (Å²) in [7, 11) is 2.05. The van der Waals surface area contributed by atoms with Gasteiger partial charge in [-0.1, -0.05) is 19.1 Å². The number of hydrogen-bond acceptors (Lipinski definition) is 3. The second-order valence-corrected chi connectivity index (χ2v) is 6.28. The molecule has 0 spiro atoms. The van der Waals surface area contributed by atoms with Gasteiger partial charge in [0.1, 0.15) is 5.75 Å². The minimum atomic E-state index is 0.292. The lowest BCUT2D eigenvalue weighted by Crippen LogP contribution is -2.38. The zero-order valence-corrected chi connectivity index (χ0v) is 13.8. The average molecular weight is 290 g/mol. The van der Waals surface area contributed by atoms with Crippen LogP contribution in [0.4, 0.5) is 0 Å². The number of piperidine rings is 1. The van der Waals surface area contributed by atoms with E-state index in [4.69, 9.17) is 4.74 Å². The molecule has 118 valence electrons. The molecule has 1 aromatic carbocycles. The second kappa shape index (κ2) is 8.40. The second-order valence-electron chi connectivity index (χ2n) is 6.28. The van der Waals surface area contributed by atoms with Crippen molar-refractivity contribution in [2.24, 2.45) is 5.92 Å². The molecule has 1 aliphatic rings. The summed E-state index contributed by atoms with van der Waals surface area (Å²) in [5.41, 5.74) is 1.39. The Bertz CT molecular complexity index is 402. The lowest BCUT2D eigenvalue weighted by atomic mass is 9.97. The summed E-state index contributed by atoms with van der Waals surface area (Å²) in [5, 5.41) is 3.31. The fraction of sp³-hybridized carbons (Fsp3) is 0.667. The molecular weight excluding hydrogens is 260 g/mol. The monoisotopic (exact) mass is 290 g/mol. The number of nitrogens with one attached hydrogen (secondary N) is 1. The van der Waals surface area contributed by atoms with Gasteiger partial charge in [-0.3, -0.25) is 4.90 Å². The van der Waals surface area contributed by atoms with Crippen LogP contribution in [0.5, 0.6) is 5.75 Å². The number of likely N-dealkylation sites (tertiary alicyclic amines) is 1. The minimum absolute atomic E-state index is 0.292. The lowest BCUT2D eigenvalue weighted by molar-refractivity contribution is 0.166. The maximum Gasteiger partial charge on any atom is 0.119 e. The van der Waals surface area contributed by atoms with Gasteiger partial charge in [0.05, 0.1) is 6.10 Å². The van der Waals surface area contributed by atoms with Crippen LogP contribution in [0.1, 0.15) is 38.7 Å². The summed E-state index contributed by atoms with van der Waals surface area (Å²) in [6.07, 6.45) is 4.02. The molecule has 0 amide bonds. The highest BCUT2D eigenvalue weighted by Gasteiger charge is 2.19. The van der Waals surface area contributed by atoms with E-state index in [1.807, 2.05) is 0 Å². The quantitative estimate of drug-likeness (QED) is 0.834. The van der Waals surface area contributed by atoms with Crippen molar-refractivity contribution in [2.75, 3.05) is 26.7 Å². The molecule has 1 aromatic rings. The van der Waals surface area contributed by atoms with E-state index < -0.39 is 0 Å². The van der Waals surface area contributed by atoms with Crippen molar-refractivity contribution in [3.8, 4) is 5.75 Å². The molecule has 0 aliphatic carbocycles. The van der Waals surface area contributed by atoms with Crippen LogP contribution >= 0.6 is 0 Å². The van der Waals surface area contributed by atoms with Crippen LogP contribution in [0.25, 0.3) is 0 Å². The molecule has 2 rings (SSSR count). The predicted molar refractivity (Wildman–Crippen MR) is 88.8 cm³/mol.